The number of hydrogen-bond donors (Lipinski definition) is 1. The van der Waals surface area contributed by atoms with E-state index in [0.29, 0.717) is 0 Å². The Kier molecular flexibility index (Phi) is 17.4. The van der Waals surface area contributed by atoms with Crippen molar-refractivity contribution in [2.75, 3.05) is 19.6 Å². The van der Waals surface area contributed by atoms with Crippen molar-refractivity contribution >= 4 is 30.5 Å². The number of halogens is 2. The molecule has 1 heterocycles. The maximum Gasteiger partial charge on any atom is 0.637 e. The predicted molar refractivity (Wildman–Crippen MR) is 175 cm³/mol. The third-order valence-electron chi connectivity index (χ3n) is 8.18. The second kappa shape index (κ2) is 20.8. The van der Waals surface area contributed by atoms with Crippen LogP contribution in [0.5, 0.6) is 0 Å². The Labute approximate surface area is 260 Å². The van der Waals surface area contributed by atoms with Gasteiger partial charge in [0.2, 0.25) is 0 Å². The van der Waals surface area contributed by atoms with E-state index in [9.17, 15) is 5.02 Å². The zero-order valence-electron chi connectivity index (χ0n) is 25.1. The largest absolute Gasteiger partial charge is 0.637 e. The predicted octanol–water partition coefficient (Wildman–Crippen LogP) is 9.49. The Balaban J connectivity index is 1.35. The van der Waals surface area contributed by atoms with Gasteiger partial charge in [0.15, 0.2) is 0 Å². The van der Waals surface area contributed by atoms with E-state index in [0.717, 1.165) is 56.4 Å². The van der Waals surface area contributed by atoms with Gasteiger partial charge in [-0.15, -0.1) is 23.2 Å². The molecule has 1 fully saturated rings. The number of alkyl halides is 2. The smallest absolute Gasteiger partial charge is 0.402 e. The molecule has 7 heteroatoms. The highest BCUT2D eigenvalue weighted by Crippen LogP contribution is 2.28. The van der Waals surface area contributed by atoms with Crippen LogP contribution in [0.4, 0.5) is 0 Å². The fourth-order valence-electron chi connectivity index (χ4n) is 5.69. The van der Waals surface area contributed by atoms with Crippen molar-refractivity contribution in [2.45, 2.75) is 120 Å². The summed E-state index contributed by atoms with van der Waals surface area (Å²) >= 11 is 13.2. The molecule has 0 aliphatic carbocycles. The van der Waals surface area contributed by atoms with Crippen LogP contribution in [0.25, 0.3) is 0 Å². The van der Waals surface area contributed by atoms with E-state index in [1.807, 2.05) is 36.4 Å². The number of nitrogens with zero attached hydrogens (tertiary/aromatic N) is 1. The topological polar surface area (TPSA) is 41.9 Å². The van der Waals surface area contributed by atoms with Crippen molar-refractivity contribution < 1.29 is 14.3 Å². The summed E-state index contributed by atoms with van der Waals surface area (Å²) in [6.45, 7) is 4.68. The molecule has 1 aliphatic heterocycles. The van der Waals surface area contributed by atoms with E-state index >= 15 is 0 Å². The SMILES string of the molecule is CCCCCCCCC(Cl)C(Cl)CCCCCCCCN1CC(c2ccccc2)OB(O)OC(c2ccccc2)C1. The van der Waals surface area contributed by atoms with Crippen molar-refractivity contribution in [3.63, 3.8) is 0 Å². The van der Waals surface area contributed by atoms with Crippen molar-refractivity contribution in [3.05, 3.63) is 71.8 Å². The minimum Gasteiger partial charge on any atom is -0.402 e. The first-order chi connectivity index (χ1) is 20.1. The molecule has 4 atom stereocenters. The molecule has 4 unspecified atom stereocenters. The Hall–Kier alpha value is -1.08. The normalized spacial score (nSPS) is 20.0. The highest BCUT2D eigenvalue weighted by molar-refractivity contribution is 6.34. The maximum absolute atomic E-state index is 10.5. The summed E-state index contributed by atoms with van der Waals surface area (Å²) < 4.78 is 12.0. The lowest BCUT2D eigenvalue weighted by molar-refractivity contribution is -0.00830. The molecule has 0 aromatic heterocycles. The second-order valence-corrected chi connectivity index (χ2v) is 12.8. The monoisotopic (exact) mass is 603 g/mol. The average molecular weight is 605 g/mol. The highest BCUT2D eigenvalue weighted by atomic mass is 35.5. The highest BCUT2D eigenvalue weighted by Gasteiger charge is 2.33. The van der Waals surface area contributed by atoms with Crippen molar-refractivity contribution in [2.24, 2.45) is 0 Å². The molecule has 41 heavy (non-hydrogen) atoms. The Morgan fingerprint density at radius 2 is 1.10 bits per heavy atom. The molecular weight excluding hydrogens is 552 g/mol. The second-order valence-electron chi connectivity index (χ2n) is 11.6. The van der Waals surface area contributed by atoms with Crippen molar-refractivity contribution in [1.29, 1.82) is 0 Å². The molecule has 0 saturated carbocycles. The number of unbranched alkanes of at least 4 members (excludes halogenated alkanes) is 10. The quantitative estimate of drug-likeness (QED) is 0.0986. The van der Waals surface area contributed by atoms with E-state index in [4.69, 9.17) is 32.5 Å². The molecule has 1 aliphatic rings. The van der Waals surface area contributed by atoms with E-state index in [-0.39, 0.29) is 23.0 Å². The van der Waals surface area contributed by atoms with Crippen LogP contribution in [0.1, 0.15) is 120 Å². The third kappa shape index (κ3) is 13.8. The molecule has 2 aromatic rings. The van der Waals surface area contributed by atoms with Gasteiger partial charge in [-0.05, 0) is 36.9 Å². The molecule has 1 N–H and O–H groups in total. The van der Waals surface area contributed by atoms with Gasteiger partial charge in [-0.1, -0.05) is 138 Å². The van der Waals surface area contributed by atoms with Crippen LogP contribution in [-0.4, -0.2) is 47.6 Å². The number of rotatable bonds is 19. The lowest BCUT2D eigenvalue weighted by Crippen LogP contribution is -2.42. The fraction of sp³-hybridized carbons (Fsp3) is 0.647. The first-order valence-corrected chi connectivity index (χ1v) is 17.0. The Bertz CT molecular complexity index is 858. The molecule has 228 valence electrons. The van der Waals surface area contributed by atoms with E-state index in [1.54, 1.807) is 0 Å². The van der Waals surface area contributed by atoms with E-state index in [1.165, 1.54) is 64.2 Å². The molecule has 0 radical (unpaired) electrons. The third-order valence-corrected chi connectivity index (χ3v) is 9.36. The summed E-state index contributed by atoms with van der Waals surface area (Å²) in [5.41, 5.74) is 2.11. The van der Waals surface area contributed by atoms with Gasteiger partial charge < -0.3 is 14.3 Å². The van der Waals surface area contributed by atoms with Gasteiger partial charge >= 0.3 is 7.32 Å². The summed E-state index contributed by atoms with van der Waals surface area (Å²) in [5, 5.41) is 10.7. The van der Waals surface area contributed by atoms with Crippen LogP contribution in [0.3, 0.4) is 0 Å². The first-order valence-electron chi connectivity index (χ1n) is 16.2. The molecule has 0 spiro atoms. The van der Waals surface area contributed by atoms with Crippen LogP contribution in [0.2, 0.25) is 0 Å². The molecule has 0 amide bonds. The summed E-state index contributed by atoms with van der Waals surface area (Å²) in [5.74, 6) is 0. The van der Waals surface area contributed by atoms with Gasteiger partial charge in [-0.25, -0.2) is 0 Å². The van der Waals surface area contributed by atoms with Crippen LogP contribution in [-0.2, 0) is 9.31 Å². The standard InChI is InChI=1S/C34H52BCl2NO3/c1-2-3-4-5-8-17-24-31(36)32(37)25-18-9-6-7-10-19-26-38-27-33(29-20-13-11-14-21-29)40-35(39)41-34(28-38)30-22-15-12-16-23-30/h11-16,20-23,31-34,39H,2-10,17-19,24-28H2,1H3. The zero-order chi connectivity index (χ0) is 29.1. The Morgan fingerprint density at radius 1 is 0.683 bits per heavy atom. The molecule has 2 aromatic carbocycles. The Morgan fingerprint density at radius 3 is 1.56 bits per heavy atom. The minimum absolute atomic E-state index is 0.0949. The molecule has 4 nitrogen and oxygen atoms in total. The maximum atomic E-state index is 10.5. The summed E-state index contributed by atoms with van der Waals surface area (Å²) in [6.07, 6.45) is 16.6. The number of hydrogen-bond acceptors (Lipinski definition) is 4. The summed E-state index contributed by atoms with van der Waals surface area (Å²) in [6, 6.07) is 20.3. The van der Waals surface area contributed by atoms with E-state index < -0.39 is 7.32 Å². The molecule has 1 saturated heterocycles. The lowest BCUT2D eigenvalue weighted by atomic mass is 10.0. The van der Waals surface area contributed by atoms with Crippen LogP contribution in [0, 0.1) is 0 Å². The molecule has 3 rings (SSSR count). The van der Waals surface area contributed by atoms with Gasteiger partial charge in [0.1, 0.15) is 0 Å². The van der Waals surface area contributed by atoms with Gasteiger partial charge in [-0.3, -0.25) is 4.90 Å². The van der Waals surface area contributed by atoms with Crippen molar-refractivity contribution in [1.82, 2.24) is 4.90 Å². The molecular formula is C34H52BCl2NO3. The lowest BCUT2D eigenvalue weighted by Gasteiger charge is -2.35. The van der Waals surface area contributed by atoms with Crippen LogP contribution in [0.15, 0.2) is 60.7 Å². The van der Waals surface area contributed by atoms with Gasteiger partial charge in [0.25, 0.3) is 0 Å². The van der Waals surface area contributed by atoms with Gasteiger partial charge in [0.05, 0.1) is 12.2 Å². The summed E-state index contributed by atoms with van der Waals surface area (Å²) in [4.78, 5) is 2.43. The number of benzene rings is 2. The van der Waals surface area contributed by atoms with Crippen molar-refractivity contribution in [3.8, 4) is 0 Å². The van der Waals surface area contributed by atoms with E-state index in [2.05, 4.69) is 36.1 Å². The van der Waals surface area contributed by atoms with Gasteiger partial charge in [0, 0.05) is 23.8 Å². The fourth-order valence-corrected chi connectivity index (χ4v) is 6.25. The zero-order valence-corrected chi connectivity index (χ0v) is 26.7. The van der Waals surface area contributed by atoms with Crippen LogP contribution >= 0.6 is 23.2 Å². The minimum atomic E-state index is -1.26. The summed E-state index contributed by atoms with van der Waals surface area (Å²) in [7, 11) is -1.26. The van der Waals surface area contributed by atoms with Gasteiger partial charge in [-0.2, -0.15) is 0 Å². The average Bonchev–Trinajstić information content (AvgIpc) is 2.98. The molecule has 0 bridgehead atoms. The first kappa shape index (κ1) is 34.4. The van der Waals surface area contributed by atoms with Crippen LogP contribution < -0.4 is 0 Å².